The van der Waals surface area contributed by atoms with E-state index in [1.165, 1.54) is 12.8 Å². The van der Waals surface area contributed by atoms with E-state index in [2.05, 4.69) is 17.1 Å². The number of nitrogens with zero attached hydrogens (tertiary/aromatic N) is 1. The lowest BCUT2D eigenvalue weighted by Gasteiger charge is -2.29. The van der Waals surface area contributed by atoms with Gasteiger partial charge in [-0.15, -0.1) is 0 Å². The molecule has 8 heteroatoms. The maximum absolute atomic E-state index is 12.7. The molecule has 36 heavy (non-hydrogen) atoms. The third-order valence-electron chi connectivity index (χ3n) is 6.33. The molecule has 3 rings (SSSR count). The van der Waals surface area contributed by atoms with E-state index in [-0.39, 0.29) is 25.0 Å². The molecule has 7 nitrogen and oxygen atoms in total. The van der Waals surface area contributed by atoms with Gasteiger partial charge in [-0.1, -0.05) is 49.9 Å². The molecule has 1 heterocycles. The maximum atomic E-state index is 12.7. The van der Waals surface area contributed by atoms with Gasteiger partial charge in [-0.3, -0.25) is 9.69 Å². The van der Waals surface area contributed by atoms with E-state index in [9.17, 15) is 15.0 Å². The number of amides is 1. The molecule has 1 aliphatic heterocycles. The van der Waals surface area contributed by atoms with Crippen molar-refractivity contribution in [3.63, 3.8) is 0 Å². The van der Waals surface area contributed by atoms with E-state index in [0.29, 0.717) is 42.5 Å². The van der Waals surface area contributed by atoms with E-state index in [1.54, 1.807) is 24.3 Å². The highest BCUT2D eigenvalue weighted by molar-refractivity contribution is 6.30. The van der Waals surface area contributed by atoms with Gasteiger partial charge < -0.3 is 25.0 Å². The fraction of sp³-hybridized carbons (Fsp3) is 0.536. The van der Waals surface area contributed by atoms with Crippen LogP contribution in [0.25, 0.3) is 0 Å². The smallest absolute Gasteiger partial charge is 0.223 e. The third kappa shape index (κ3) is 9.62. The first-order valence-electron chi connectivity index (χ1n) is 12.9. The molecule has 3 atom stereocenters. The predicted molar refractivity (Wildman–Crippen MR) is 142 cm³/mol. The van der Waals surface area contributed by atoms with Crippen LogP contribution in [0, 0.1) is 0 Å². The van der Waals surface area contributed by atoms with Gasteiger partial charge in [-0.05, 0) is 54.8 Å². The number of aliphatic hydroxyl groups excluding tert-OH is 2. The van der Waals surface area contributed by atoms with Gasteiger partial charge in [0.15, 0.2) is 0 Å². The molecule has 1 saturated heterocycles. The van der Waals surface area contributed by atoms with Crippen molar-refractivity contribution in [2.24, 2.45) is 0 Å². The van der Waals surface area contributed by atoms with Gasteiger partial charge in [0.2, 0.25) is 5.91 Å². The number of unbranched alkanes of at least 4 members (excludes halogenated alkanes) is 3. The number of hydrogen-bond donors (Lipinski definition) is 3. The SMILES string of the molecule is CCCCCCOc1ccc([C@@H](O)[C@@H](CN2CC[C@H](O)C2)NC(=O)CCOc2ccc(Cl)cc2)cc1. The van der Waals surface area contributed by atoms with Crippen LogP contribution in [0.1, 0.15) is 57.1 Å². The number of aliphatic hydroxyl groups is 2. The van der Waals surface area contributed by atoms with Crippen LogP contribution in [-0.4, -0.2) is 66.0 Å². The maximum Gasteiger partial charge on any atom is 0.223 e. The van der Waals surface area contributed by atoms with Gasteiger partial charge >= 0.3 is 0 Å². The van der Waals surface area contributed by atoms with Crippen LogP contribution in [-0.2, 0) is 4.79 Å². The van der Waals surface area contributed by atoms with Gasteiger partial charge in [0.05, 0.1) is 31.8 Å². The van der Waals surface area contributed by atoms with Gasteiger partial charge in [0.25, 0.3) is 0 Å². The number of likely N-dealkylation sites (tertiary alicyclic amines) is 1. The molecule has 0 unspecified atom stereocenters. The first kappa shape index (κ1) is 28.3. The molecule has 0 spiro atoms. The summed E-state index contributed by atoms with van der Waals surface area (Å²) < 4.78 is 11.4. The van der Waals surface area contributed by atoms with Crippen molar-refractivity contribution < 1.29 is 24.5 Å². The Hall–Kier alpha value is -2.32. The molecular weight excluding hydrogens is 480 g/mol. The monoisotopic (exact) mass is 518 g/mol. The van der Waals surface area contributed by atoms with E-state index in [0.717, 1.165) is 25.1 Å². The molecule has 3 N–H and O–H groups in total. The van der Waals surface area contributed by atoms with E-state index in [4.69, 9.17) is 21.1 Å². The summed E-state index contributed by atoms with van der Waals surface area (Å²) >= 11 is 5.89. The number of β-amino-alcohol motifs (C(OH)–C–C–N with tert-alkyl or cyclic N) is 1. The predicted octanol–water partition coefficient (Wildman–Crippen LogP) is 4.35. The highest BCUT2D eigenvalue weighted by atomic mass is 35.5. The second-order valence-corrected chi connectivity index (χ2v) is 9.79. The molecule has 0 aliphatic carbocycles. The second kappa shape index (κ2) is 15.1. The summed E-state index contributed by atoms with van der Waals surface area (Å²) in [6.45, 7) is 4.77. The molecular formula is C28H39ClN2O5. The topological polar surface area (TPSA) is 91.3 Å². The largest absolute Gasteiger partial charge is 0.494 e. The van der Waals surface area contributed by atoms with Crippen LogP contribution in [0.5, 0.6) is 11.5 Å². The lowest BCUT2D eigenvalue weighted by molar-refractivity contribution is -0.123. The average molecular weight is 519 g/mol. The first-order chi connectivity index (χ1) is 17.4. The van der Waals surface area contributed by atoms with Crippen LogP contribution in [0.4, 0.5) is 0 Å². The molecule has 0 saturated carbocycles. The van der Waals surface area contributed by atoms with Crippen LogP contribution >= 0.6 is 11.6 Å². The van der Waals surface area contributed by atoms with E-state index < -0.39 is 12.1 Å². The van der Waals surface area contributed by atoms with Gasteiger partial charge in [-0.2, -0.15) is 0 Å². The Morgan fingerprint density at radius 3 is 2.36 bits per heavy atom. The number of carbonyl (C=O) groups is 1. The fourth-order valence-corrected chi connectivity index (χ4v) is 4.39. The summed E-state index contributed by atoms with van der Waals surface area (Å²) in [4.78, 5) is 14.8. The number of nitrogens with one attached hydrogen (secondary N) is 1. The minimum absolute atomic E-state index is 0.152. The zero-order valence-electron chi connectivity index (χ0n) is 21.1. The highest BCUT2D eigenvalue weighted by Crippen LogP contribution is 2.23. The molecule has 198 valence electrons. The van der Waals surface area contributed by atoms with Crippen molar-refractivity contribution in [3.8, 4) is 11.5 Å². The summed E-state index contributed by atoms with van der Waals surface area (Å²) in [5, 5.41) is 24.7. The summed E-state index contributed by atoms with van der Waals surface area (Å²) in [5.41, 5.74) is 0.704. The molecule has 1 fully saturated rings. The molecule has 0 radical (unpaired) electrons. The molecule has 0 aromatic heterocycles. The number of hydrogen-bond acceptors (Lipinski definition) is 6. The Morgan fingerprint density at radius 1 is 1.06 bits per heavy atom. The molecule has 2 aromatic carbocycles. The number of ether oxygens (including phenoxy) is 2. The summed E-state index contributed by atoms with van der Waals surface area (Å²) in [6, 6.07) is 13.8. The van der Waals surface area contributed by atoms with Gasteiger partial charge in [0.1, 0.15) is 17.6 Å². The van der Waals surface area contributed by atoms with Gasteiger partial charge in [-0.25, -0.2) is 0 Å². The van der Waals surface area contributed by atoms with Crippen LogP contribution in [0.3, 0.4) is 0 Å². The lowest BCUT2D eigenvalue weighted by atomic mass is 10.0. The molecule has 2 aromatic rings. The summed E-state index contributed by atoms with van der Waals surface area (Å²) in [5.74, 6) is 1.20. The van der Waals surface area contributed by atoms with E-state index >= 15 is 0 Å². The lowest BCUT2D eigenvalue weighted by Crippen LogP contribution is -2.47. The number of carbonyl (C=O) groups excluding carboxylic acids is 1. The minimum atomic E-state index is -0.900. The fourth-order valence-electron chi connectivity index (χ4n) is 4.26. The third-order valence-corrected chi connectivity index (χ3v) is 6.58. The normalized spacial score (nSPS) is 17.5. The minimum Gasteiger partial charge on any atom is -0.494 e. The Morgan fingerprint density at radius 2 is 1.72 bits per heavy atom. The number of rotatable bonds is 15. The average Bonchev–Trinajstić information content (AvgIpc) is 3.29. The van der Waals surface area contributed by atoms with E-state index in [1.807, 2.05) is 24.3 Å². The Kier molecular flexibility index (Phi) is 11.8. The quantitative estimate of drug-likeness (QED) is 0.304. The molecule has 1 amide bonds. The Balaban J connectivity index is 1.55. The van der Waals surface area contributed by atoms with Crippen molar-refractivity contribution in [1.82, 2.24) is 10.2 Å². The first-order valence-corrected chi connectivity index (χ1v) is 13.3. The van der Waals surface area contributed by atoms with Crippen molar-refractivity contribution >= 4 is 17.5 Å². The van der Waals surface area contributed by atoms with Crippen molar-refractivity contribution in [1.29, 1.82) is 0 Å². The van der Waals surface area contributed by atoms with Crippen LogP contribution < -0.4 is 14.8 Å². The standard InChI is InChI=1S/C28H39ClN2O5/c1-2-3-4-5-17-35-24-10-6-21(7-11-24)28(34)26(20-31-16-14-23(32)19-31)30-27(33)15-18-36-25-12-8-22(29)9-13-25/h6-13,23,26,28,32,34H,2-5,14-20H2,1H3,(H,30,33)/t23-,26+,28+/m0/s1. The highest BCUT2D eigenvalue weighted by Gasteiger charge is 2.29. The zero-order valence-corrected chi connectivity index (χ0v) is 21.8. The van der Waals surface area contributed by atoms with Crippen LogP contribution in [0.15, 0.2) is 48.5 Å². The van der Waals surface area contributed by atoms with Crippen molar-refractivity contribution in [2.45, 2.75) is 63.7 Å². The summed E-state index contributed by atoms with van der Waals surface area (Å²) in [6.07, 6.45) is 4.15. The van der Waals surface area contributed by atoms with Crippen LogP contribution in [0.2, 0.25) is 5.02 Å². The van der Waals surface area contributed by atoms with Crippen molar-refractivity contribution in [2.75, 3.05) is 32.8 Å². The summed E-state index contributed by atoms with van der Waals surface area (Å²) in [7, 11) is 0. The zero-order chi connectivity index (χ0) is 25.8. The molecule has 0 bridgehead atoms. The van der Waals surface area contributed by atoms with Crippen molar-refractivity contribution in [3.05, 3.63) is 59.1 Å². The number of benzene rings is 2. The number of halogens is 1. The Labute approximate surface area is 219 Å². The molecule has 1 aliphatic rings. The van der Waals surface area contributed by atoms with Gasteiger partial charge in [0, 0.05) is 24.7 Å². The second-order valence-electron chi connectivity index (χ2n) is 9.35. The Bertz CT molecular complexity index is 909.